The Labute approximate surface area is 198 Å². The van der Waals surface area contributed by atoms with Crippen LogP contribution < -0.4 is 15.2 Å². The molecule has 0 saturated carbocycles. The van der Waals surface area contributed by atoms with Crippen molar-refractivity contribution in [2.75, 3.05) is 37.7 Å². The van der Waals surface area contributed by atoms with Gasteiger partial charge >= 0.3 is 6.18 Å². The molecule has 0 bridgehead atoms. The van der Waals surface area contributed by atoms with Crippen molar-refractivity contribution in [2.24, 2.45) is 0 Å². The van der Waals surface area contributed by atoms with Gasteiger partial charge in [-0.1, -0.05) is 0 Å². The lowest BCUT2D eigenvalue weighted by Gasteiger charge is -2.35. The van der Waals surface area contributed by atoms with E-state index in [4.69, 9.17) is 14.7 Å². The van der Waals surface area contributed by atoms with Gasteiger partial charge in [-0.25, -0.2) is 10.1 Å². The Balaban J connectivity index is 1.23. The van der Waals surface area contributed by atoms with Crippen LogP contribution in [0.4, 0.5) is 19.0 Å². The molecule has 186 valence electrons. The monoisotopic (exact) mass is 492 g/mol. The van der Waals surface area contributed by atoms with Gasteiger partial charge < -0.3 is 19.3 Å². The quantitative estimate of drug-likeness (QED) is 0.647. The fourth-order valence-corrected chi connectivity index (χ4v) is 4.14. The molecule has 0 aromatic carbocycles. The molecular weight excluding hydrogens is 469 g/mol. The number of aromatic amines is 1. The van der Waals surface area contributed by atoms with E-state index < -0.39 is 29.2 Å². The van der Waals surface area contributed by atoms with E-state index in [9.17, 15) is 22.8 Å². The average molecular weight is 492 g/mol. The maximum absolute atomic E-state index is 13.1. The Hall–Kier alpha value is -3.66. The third kappa shape index (κ3) is 5.89. The second kappa shape index (κ2) is 10.3. The van der Waals surface area contributed by atoms with Crippen LogP contribution in [-0.4, -0.2) is 71.0 Å². The first-order valence-corrected chi connectivity index (χ1v) is 11.1. The molecule has 10 nitrogen and oxygen atoms in total. The Morgan fingerprint density at radius 2 is 1.94 bits per heavy atom. The van der Waals surface area contributed by atoms with Crippen molar-refractivity contribution in [3.63, 3.8) is 0 Å². The highest BCUT2D eigenvalue weighted by Gasteiger charge is 2.39. The van der Waals surface area contributed by atoms with Gasteiger partial charge in [-0.3, -0.25) is 9.59 Å². The lowest BCUT2D eigenvalue weighted by atomic mass is 10.1. The number of amides is 1. The van der Waals surface area contributed by atoms with Crippen LogP contribution in [0.1, 0.15) is 30.4 Å². The summed E-state index contributed by atoms with van der Waals surface area (Å²) < 4.78 is 50.4. The molecule has 0 unspecified atom stereocenters. The number of piperazine rings is 1. The molecule has 2 atom stereocenters. The second-order valence-electron chi connectivity index (χ2n) is 8.29. The van der Waals surface area contributed by atoms with E-state index in [0.29, 0.717) is 44.6 Å². The molecule has 2 aliphatic rings. The number of rotatable bonds is 6. The third-order valence-electron chi connectivity index (χ3n) is 5.96. The van der Waals surface area contributed by atoms with E-state index in [2.05, 4.69) is 10.1 Å². The van der Waals surface area contributed by atoms with Crippen LogP contribution in [0.15, 0.2) is 29.3 Å². The van der Waals surface area contributed by atoms with E-state index in [1.165, 1.54) is 6.20 Å². The van der Waals surface area contributed by atoms with Crippen LogP contribution in [0, 0.1) is 11.3 Å². The number of hydrogen-bond acceptors (Lipinski definition) is 8. The smallest absolute Gasteiger partial charge is 0.425 e. The molecule has 1 amide bonds. The summed E-state index contributed by atoms with van der Waals surface area (Å²) in [6, 6.07) is 5.51. The molecule has 4 rings (SSSR count). The minimum absolute atomic E-state index is 0.0536. The molecule has 2 aromatic rings. The summed E-state index contributed by atoms with van der Waals surface area (Å²) in [5.41, 5.74) is -2.33. The van der Waals surface area contributed by atoms with Gasteiger partial charge in [-0.2, -0.15) is 23.5 Å². The second-order valence-corrected chi connectivity index (χ2v) is 8.29. The largest absolute Gasteiger partial charge is 0.488 e. The number of ether oxygens (including phenoxy) is 2. The van der Waals surface area contributed by atoms with Crippen molar-refractivity contribution in [3.05, 3.63) is 46.0 Å². The summed E-state index contributed by atoms with van der Waals surface area (Å²) in [5.74, 6) is 0.0449. The van der Waals surface area contributed by atoms with Crippen LogP contribution >= 0.6 is 0 Å². The molecule has 2 fully saturated rings. The van der Waals surface area contributed by atoms with E-state index in [1.807, 2.05) is 11.0 Å². The van der Waals surface area contributed by atoms with Gasteiger partial charge in [0.25, 0.3) is 5.56 Å². The fraction of sp³-hybridized carbons (Fsp3) is 0.500. The van der Waals surface area contributed by atoms with Gasteiger partial charge in [0.2, 0.25) is 5.91 Å². The first-order valence-electron chi connectivity index (χ1n) is 11.1. The summed E-state index contributed by atoms with van der Waals surface area (Å²) in [6.07, 6.45) is -2.12. The molecule has 2 saturated heterocycles. The lowest BCUT2D eigenvalue weighted by Crippen LogP contribution is -2.49. The van der Waals surface area contributed by atoms with Crippen LogP contribution in [0.25, 0.3) is 0 Å². The number of H-pyrrole nitrogens is 1. The fourth-order valence-electron chi connectivity index (χ4n) is 4.14. The molecule has 0 radical (unpaired) electrons. The van der Waals surface area contributed by atoms with Crippen molar-refractivity contribution in [1.82, 2.24) is 20.1 Å². The number of nitrogens with zero attached hydrogens (tertiary/aromatic N) is 5. The zero-order chi connectivity index (χ0) is 25.0. The highest BCUT2D eigenvalue weighted by molar-refractivity contribution is 5.77. The molecular formula is C22H23F3N6O4. The SMILES string of the molecule is N#Cc1ccc(N2CCN(C(=O)C[C@H]3CC[C@H](COc4cn[nH]c(=O)c4C(F)(F)F)O3)CC2)nc1. The number of nitrogens with one attached hydrogen (secondary N) is 1. The first-order chi connectivity index (χ1) is 16.7. The molecule has 2 aromatic heterocycles. The van der Waals surface area contributed by atoms with E-state index in [0.717, 1.165) is 12.0 Å². The maximum atomic E-state index is 13.1. The normalized spacial score (nSPS) is 20.5. The zero-order valence-electron chi connectivity index (χ0n) is 18.6. The van der Waals surface area contributed by atoms with Crippen LogP contribution in [0.3, 0.4) is 0 Å². The summed E-state index contributed by atoms with van der Waals surface area (Å²) in [6.45, 7) is 2.08. The Morgan fingerprint density at radius 3 is 2.60 bits per heavy atom. The van der Waals surface area contributed by atoms with Crippen molar-refractivity contribution in [2.45, 2.75) is 37.6 Å². The lowest BCUT2D eigenvalue weighted by molar-refractivity contribution is -0.141. The Morgan fingerprint density at radius 1 is 1.20 bits per heavy atom. The first kappa shape index (κ1) is 24.5. The minimum Gasteiger partial charge on any atom is -0.488 e. The van der Waals surface area contributed by atoms with E-state index in [1.54, 1.807) is 22.1 Å². The molecule has 0 spiro atoms. The third-order valence-corrected chi connectivity index (χ3v) is 5.96. The standard InChI is InChI=1S/C22H23F3N6O4/c23-22(24,25)20-17(12-28-29-21(20)33)34-13-16-3-2-15(35-16)9-19(32)31-7-5-30(6-8-31)18-4-1-14(10-26)11-27-18/h1,4,11-12,15-16H,2-3,5-9,13H2,(H,29,33)/t15-,16-/m1/s1. The number of nitriles is 1. The molecule has 35 heavy (non-hydrogen) atoms. The number of halogens is 3. The summed E-state index contributed by atoms with van der Waals surface area (Å²) >= 11 is 0. The molecule has 4 heterocycles. The van der Waals surface area contributed by atoms with Gasteiger partial charge in [0.15, 0.2) is 11.3 Å². The maximum Gasteiger partial charge on any atom is 0.425 e. The molecule has 0 aliphatic carbocycles. The van der Waals surface area contributed by atoms with E-state index >= 15 is 0 Å². The van der Waals surface area contributed by atoms with Gasteiger partial charge in [0.1, 0.15) is 18.5 Å². The number of alkyl halides is 3. The number of anilines is 1. The van der Waals surface area contributed by atoms with E-state index in [-0.39, 0.29) is 25.0 Å². The summed E-state index contributed by atoms with van der Waals surface area (Å²) in [5, 5.41) is 14.0. The summed E-state index contributed by atoms with van der Waals surface area (Å²) in [4.78, 5) is 32.3. The molecule has 2 aliphatic heterocycles. The van der Waals surface area contributed by atoms with Crippen molar-refractivity contribution in [1.29, 1.82) is 5.26 Å². The predicted octanol–water partition coefficient (Wildman–Crippen LogP) is 1.72. The minimum atomic E-state index is -4.88. The van der Waals surface area contributed by atoms with Gasteiger partial charge in [-0.15, -0.1) is 0 Å². The number of pyridine rings is 1. The Kier molecular flexibility index (Phi) is 7.20. The molecule has 1 N–H and O–H groups in total. The van der Waals surface area contributed by atoms with Gasteiger partial charge in [0.05, 0.1) is 30.4 Å². The summed E-state index contributed by atoms with van der Waals surface area (Å²) in [7, 11) is 0. The van der Waals surface area contributed by atoms with Crippen molar-refractivity contribution < 1.29 is 27.4 Å². The van der Waals surface area contributed by atoms with Crippen LogP contribution in [0.2, 0.25) is 0 Å². The predicted molar refractivity (Wildman–Crippen MR) is 116 cm³/mol. The van der Waals surface area contributed by atoms with Crippen LogP contribution in [0.5, 0.6) is 5.75 Å². The van der Waals surface area contributed by atoms with Crippen molar-refractivity contribution in [3.8, 4) is 11.8 Å². The average Bonchev–Trinajstić information content (AvgIpc) is 3.29. The number of carbonyl (C=O) groups is 1. The topological polar surface area (TPSA) is 124 Å². The molecule has 13 heteroatoms. The highest BCUT2D eigenvalue weighted by atomic mass is 19.4. The Bertz CT molecular complexity index is 1140. The highest BCUT2D eigenvalue weighted by Crippen LogP contribution is 2.33. The number of hydrogen-bond donors (Lipinski definition) is 1. The zero-order valence-corrected chi connectivity index (χ0v) is 18.6. The van der Waals surface area contributed by atoms with Gasteiger partial charge in [-0.05, 0) is 25.0 Å². The number of aromatic nitrogens is 3. The van der Waals surface area contributed by atoms with Crippen LogP contribution in [-0.2, 0) is 15.7 Å². The van der Waals surface area contributed by atoms with Gasteiger partial charge in [0, 0.05) is 32.4 Å². The van der Waals surface area contributed by atoms with Crippen molar-refractivity contribution >= 4 is 11.7 Å². The number of carbonyl (C=O) groups excluding carboxylic acids is 1.